The molecule has 2 aromatic rings. The predicted octanol–water partition coefficient (Wildman–Crippen LogP) is 1.61. The predicted molar refractivity (Wildman–Crippen MR) is 117 cm³/mol. The van der Waals surface area contributed by atoms with E-state index < -0.39 is 24.4 Å². The highest BCUT2D eigenvalue weighted by molar-refractivity contribution is 6.05. The normalized spacial score (nSPS) is 24.4. The molecule has 4 rings (SSSR count). The molecule has 31 heavy (non-hydrogen) atoms. The Morgan fingerprint density at radius 3 is 2.68 bits per heavy atom. The molecule has 164 valence electrons. The van der Waals surface area contributed by atoms with E-state index in [1.54, 1.807) is 14.0 Å². The van der Waals surface area contributed by atoms with Gasteiger partial charge in [-0.25, -0.2) is 0 Å². The molecule has 2 aliphatic heterocycles. The molecule has 8 nitrogen and oxygen atoms in total. The summed E-state index contributed by atoms with van der Waals surface area (Å²) in [5, 5.41) is 10.6. The summed E-state index contributed by atoms with van der Waals surface area (Å²) in [7, 11) is 1.69. The monoisotopic (exact) mass is 424 g/mol. The highest BCUT2D eigenvalue weighted by atomic mass is 16.5. The number of amides is 3. The van der Waals surface area contributed by atoms with Crippen molar-refractivity contribution >= 4 is 34.2 Å². The molecule has 8 heteroatoms. The lowest BCUT2D eigenvalue weighted by atomic mass is 10.1. The third-order valence-corrected chi connectivity index (χ3v) is 6.10. The standard InChI is InChI=1S/C23H28N4O4/c1-14(24-2)21(28)26-18-12-13-31-20-11-10-19(27(20)23(18)30)22(29)25-17-9-5-7-15-6-3-4-8-16(15)17/h3-9,14,18-20,24H,10-13H2,1-2H3,(H,25,29)(H,26,28)/t14-,18-,19-,20?/m0/s1. The number of benzene rings is 2. The molecular formula is C23H28N4O4. The van der Waals surface area contributed by atoms with Crippen LogP contribution in [0, 0.1) is 0 Å². The molecule has 3 N–H and O–H groups in total. The van der Waals surface area contributed by atoms with Gasteiger partial charge in [-0.3, -0.25) is 14.4 Å². The highest BCUT2D eigenvalue weighted by Crippen LogP contribution is 2.30. The zero-order chi connectivity index (χ0) is 22.0. The van der Waals surface area contributed by atoms with Crippen molar-refractivity contribution in [1.82, 2.24) is 15.5 Å². The van der Waals surface area contributed by atoms with E-state index in [0.29, 0.717) is 31.6 Å². The molecule has 2 fully saturated rings. The smallest absolute Gasteiger partial charge is 0.247 e. The van der Waals surface area contributed by atoms with E-state index in [2.05, 4.69) is 16.0 Å². The number of ether oxygens (including phenoxy) is 1. The molecular weight excluding hydrogens is 396 g/mol. The van der Waals surface area contributed by atoms with Crippen LogP contribution in [0.2, 0.25) is 0 Å². The van der Waals surface area contributed by atoms with Crippen molar-refractivity contribution in [2.24, 2.45) is 0 Å². The molecule has 0 radical (unpaired) electrons. The number of hydrogen-bond acceptors (Lipinski definition) is 5. The van der Waals surface area contributed by atoms with Crippen LogP contribution >= 0.6 is 0 Å². The van der Waals surface area contributed by atoms with Crippen LogP contribution in [0.4, 0.5) is 5.69 Å². The maximum Gasteiger partial charge on any atom is 0.247 e. The zero-order valence-electron chi connectivity index (χ0n) is 17.8. The molecule has 2 aromatic carbocycles. The number of carbonyl (C=O) groups is 3. The van der Waals surface area contributed by atoms with Gasteiger partial charge in [0, 0.05) is 17.5 Å². The van der Waals surface area contributed by atoms with Crippen LogP contribution in [0.1, 0.15) is 26.2 Å². The van der Waals surface area contributed by atoms with E-state index >= 15 is 0 Å². The lowest BCUT2D eigenvalue weighted by Crippen LogP contribution is -2.55. The Morgan fingerprint density at radius 1 is 1.10 bits per heavy atom. The third-order valence-electron chi connectivity index (χ3n) is 6.10. The number of nitrogens with one attached hydrogen (secondary N) is 3. The number of rotatable bonds is 5. The zero-order valence-corrected chi connectivity index (χ0v) is 17.8. The summed E-state index contributed by atoms with van der Waals surface area (Å²) < 4.78 is 5.85. The molecule has 3 amide bonds. The summed E-state index contributed by atoms with van der Waals surface area (Å²) in [6.45, 7) is 2.08. The Morgan fingerprint density at radius 2 is 1.87 bits per heavy atom. The van der Waals surface area contributed by atoms with E-state index in [4.69, 9.17) is 4.74 Å². The van der Waals surface area contributed by atoms with Crippen LogP contribution in [0.15, 0.2) is 42.5 Å². The minimum absolute atomic E-state index is 0.244. The van der Waals surface area contributed by atoms with Gasteiger partial charge in [0.1, 0.15) is 18.3 Å². The van der Waals surface area contributed by atoms with Crippen LogP contribution in [0.5, 0.6) is 0 Å². The summed E-state index contributed by atoms with van der Waals surface area (Å²) in [6, 6.07) is 11.8. The molecule has 2 saturated heterocycles. The Labute approximate surface area is 181 Å². The second-order valence-electron chi connectivity index (χ2n) is 8.04. The molecule has 2 heterocycles. The van der Waals surface area contributed by atoms with E-state index in [-0.39, 0.29) is 17.7 Å². The van der Waals surface area contributed by atoms with Crippen molar-refractivity contribution in [3.8, 4) is 0 Å². The number of likely N-dealkylation sites (N-methyl/N-ethyl adjacent to an activating group) is 1. The van der Waals surface area contributed by atoms with Crippen LogP contribution in [-0.2, 0) is 19.1 Å². The number of anilines is 1. The molecule has 0 saturated carbocycles. The van der Waals surface area contributed by atoms with Gasteiger partial charge in [0.2, 0.25) is 17.7 Å². The molecule has 0 aromatic heterocycles. The fourth-order valence-electron chi connectivity index (χ4n) is 4.23. The number of nitrogens with zero attached hydrogens (tertiary/aromatic N) is 1. The summed E-state index contributed by atoms with van der Waals surface area (Å²) in [6.07, 6.45) is 1.04. The summed E-state index contributed by atoms with van der Waals surface area (Å²) in [4.78, 5) is 40.3. The molecule has 0 aliphatic carbocycles. The number of carbonyl (C=O) groups excluding carboxylic acids is 3. The topological polar surface area (TPSA) is 99.8 Å². The fourth-order valence-corrected chi connectivity index (χ4v) is 4.23. The summed E-state index contributed by atoms with van der Waals surface area (Å²) >= 11 is 0. The first-order valence-electron chi connectivity index (χ1n) is 10.7. The average molecular weight is 425 g/mol. The second kappa shape index (κ2) is 9.03. The minimum atomic E-state index is -0.709. The lowest BCUT2D eigenvalue weighted by molar-refractivity contribution is -0.147. The highest BCUT2D eigenvalue weighted by Gasteiger charge is 2.45. The van der Waals surface area contributed by atoms with Gasteiger partial charge in [-0.15, -0.1) is 0 Å². The second-order valence-corrected chi connectivity index (χ2v) is 8.04. The maximum absolute atomic E-state index is 13.3. The first-order valence-corrected chi connectivity index (χ1v) is 10.7. The molecule has 2 aliphatic rings. The molecule has 0 bridgehead atoms. The van der Waals surface area contributed by atoms with Gasteiger partial charge < -0.3 is 25.6 Å². The van der Waals surface area contributed by atoms with E-state index in [1.165, 1.54) is 4.90 Å². The largest absolute Gasteiger partial charge is 0.358 e. The molecule has 1 unspecified atom stereocenters. The summed E-state index contributed by atoms with van der Waals surface area (Å²) in [5.41, 5.74) is 0.711. The van der Waals surface area contributed by atoms with Crippen LogP contribution in [0.3, 0.4) is 0 Å². The van der Waals surface area contributed by atoms with E-state index in [0.717, 1.165) is 10.8 Å². The Hall–Kier alpha value is -2.97. The Bertz CT molecular complexity index is 989. The van der Waals surface area contributed by atoms with Crippen molar-refractivity contribution in [3.63, 3.8) is 0 Å². The first kappa shape index (κ1) is 21.3. The van der Waals surface area contributed by atoms with Crippen molar-refractivity contribution in [3.05, 3.63) is 42.5 Å². The van der Waals surface area contributed by atoms with Gasteiger partial charge in [-0.2, -0.15) is 0 Å². The van der Waals surface area contributed by atoms with Crippen molar-refractivity contribution in [2.75, 3.05) is 19.0 Å². The van der Waals surface area contributed by atoms with Crippen molar-refractivity contribution < 1.29 is 19.1 Å². The van der Waals surface area contributed by atoms with Gasteiger partial charge in [0.05, 0.1) is 12.6 Å². The third kappa shape index (κ3) is 4.26. The quantitative estimate of drug-likeness (QED) is 0.677. The van der Waals surface area contributed by atoms with E-state index in [9.17, 15) is 14.4 Å². The van der Waals surface area contributed by atoms with Gasteiger partial charge >= 0.3 is 0 Å². The summed E-state index contributed by atoms with van der Waals surface area (Å²) in [5.74, 6) is -0.767. The van der Waals surface area contributed by atoms with Crippen molar-refractivity contribution in [2.45, 2.75) is 50.5 Å². The van der Waals surface area contributed by atoms with Crippen molar-refractivity contribution in [1.29, 1.82) is 0 Å². The molecule has 0 spiro atoms. The lowest BCUT2D eigenvalue weighted by Gasteiger charge is -2.30. The first-order chi connectivity index (χ1) is 15.0. The Balaban J connectivity index is 1.53. The minimum Gasteiger partial charge on any atom is -0.358 e. The molecule has 4 atom stereocenters. The SMILES string of the molecule is CN[C@@H](C)C(=O)N[C@H]1CCOC2CC[C@@H](C(=O)Nc3cccc4ccccc34)N2C1=O. The number of fused-ring (bicyclic) bond motifs is 2. The fraction of sp³-hybridized carbons (Fsp3) is 0.435. The van der Waals surface area contributed by atoms with Gasteiger partial charge in [-0.05, 0) is 38.3 Å². The van der Waals surface area contributed by atoms with Crippen LogP contribution < -0.4 is 16.0 Å². The van der Waals surface area contributed by atoms with E-state index in [1.807, 2.05) is 42.5 Å². The van der Waals surface area contributed by atoms with Crippen LogP contribution in [-0.4, -0.2) is 60.6 Å². The number of hydrogen-bond donors (Lipinski definition) is 3. The Kier molecular flexibility index (Phi) is 6.20. The van der Waals surface area contributed by atoms with Crippen LogP contribution in [0.25, 0.3) is 10.8 Å². The van der Waals surface area contributed by atoms with Gasteiger partial charge in [0.25, 0.3) is 0 Å². The van der Waals surface area contributed by atoms with Gasteiger partial charge in [0.15, 0.2) is 0 Å². The van der Waals surface area contributed by atoms with Gasteiger partial charge in [-0.1, -0.05) is 36.4 Å². The average Bonchev–Trinajstić information content (AvgIpc) is 3.15. The maximum atomic E-state index is 13.3.